The number of nitrogens with two attached hydrogens (primary N) is 1. The molecule has 0 rings (SSSR count). The molecule has 0 aliphatic rings. The largest absolute Gasteiger partial charge is 0.402 e. The summed E-state index contributed by atoms with van der Waals surface area (Å²) in [5.74, 6) is 1.48. The Labute approximate surface area is 121 Å². The highest BCUT2D eigenvalue weighted by atomic mass is 19.4. The summed E-state index contributed by atoms with van der Waals surface area (Å²) in [5.41, 5.74) is 1.69. The molecule has 0 amide bonds. The second-order valence-electron chi connectivity index (χ2n) is 5.24. The number of hydrogen-bond donors (Lipinski definition) is 2. The lowest BCUT2D eigenvalue weighted by molar-refractivity contribution is -0.292. The van der Waals surface area contributed by atoms with Crippen molar-refractivity contribution >= 4 is 0 Å². The number of hydrogen-bond acceptors (Lipinski definition) is 2. The molecule has 0 spiro atoms. The Bertz CT molecular complexity index is 250. The predicted molar refractivity (Wildman–Crippen MR) is 69.3 cm³/mol. The van der Waals surface area contributed by atoms with Crippen LogP contribution >= 0.6 is 0 Å². The topological polar surface area (TPSA) is 38.0 Å². The van der Waals surface area contributed by atoms with Gasteiger partial charge in [-0.3, -0.25) is 11.3 Å². The third-order valence-electron chi connectivity index (χ3n) is 3.44. The van der Waals surface area contributed by atoms with Crippen LogP contribution in [0.5, 0.6) is 0 Å². The molecule has 0 bridgehead atoms. The Morgan fingerprint density at radius 1 is 0.810 bits per heavy atom. The van der Waals surface area contributed by atoms with E-state index in [4.69, 9.17) is 5.84 Å². The number of unbranched alkanes of at least 4 members (excludes halogenated alkanes) is 6. The molecule has 0 saturated carbocycles. The number of rotatable bonds is 10. The van der Waals surface area contributed by atoms with E-state index in [0.717, 1.165) is 32.1 Å². The van der Waals surface area contributed by atoms with Crippen LogP contribution in [0, 0.1) is 5.92 Å². The fourth-order valence-corrected chi connectivity index (χ4v) is 2.31. The van der Waals surface area contributed by atoms with Crippen LogP contribution in [-0.2, 0) is 0 Å². The predicted octanol–water partition coefficient (Wildman–Crippen LogP) is 4.70. The highest BCUT2D eigenvalue weighted by Gasteiger charge is 2.59. The Hall–Kier alpha value is -0.500. The Morgan fingerprint density at radius 2 is 1.24 bits per heavy atom. The van der Waals surface area contributed by atoms with Crippen molar-refractivity contribution in [3.05, 3.63) is 0 Å². The van der Waals surface area contributed by atoms with Gasteiger partial charge in [-0.1, -0.05) is 51.9 Å². The first-order chi connectivity index (χ1) is 9.64. The quantitative estimate of drug-likeness (QED) is 0.265. The summed E-state index contributed by atoms with van der Waals surface area (Å²) in [7, 11) is 0. The first-order valence-corrected chi connectivity index (χ1v) is 7.24. The SMILES string of the molecule is CCCCCCCCCC(NN)C(C(F)(F)F)C(F)(F)F. The average molecular weight is 322 g/mol. The summed E-state index contributed by atoms with van der Waals surface area (Å²) in [6, 6.07) is -1.83. The molecule has 8 heteroatoms. The van der Waals surface area contributed by atoms with Crippen LogP contribution in [0.2, 0.25) is 0 Å². The van der Waals surface area contributed by atoms with E-state index in [1.165, 1.54) is 0 Å². The third-order valence-corrected chi connectivity index (χ3v) is 3.44. The number of halogens is 6. The molecule has 0 aromatic rings. The van der Waals surface area contributed by atoms with Crippen molar-refractivity contribution in [3.63, 3.8) is 0 Å². The number of nitrogens with one attached hydrogen (secondary N) is 1. The Balaban J connectivity index is 4.29. The van der Waals surface area contributed by atoms with Crippen molar-refractivity contribution in [2.75, 3.05) is 0 Å². The van der Waals surface area contributed by atoms with Crippen molar-refractivity contribution in [2.24, 2.45) is 11.8 Å². The van der Waals surface area contributed by atoms with Gasteiger partial charge in [0.25, 0.3) is 0 Å². The van der Waals surface area contributed by atoms with Crippen LogP contribution in [0.3, 0.4) is 0 Å². The van der Waals surface area contributed by atoms with Gasteiger partial charge in [-0.2, -0.15) is 26.3 Å². The molecule has 0 aromatic heterocycles. The van der Waals surface area contributed by atoms with Crippen LogP contribution in [0.1, 0.15) is 58.3 Å². The molecule has 1 unspecified atom stereocenters. The molecule has 0 aromatic carbocycles. The second kappa shape index (κ2) is 9.50. The minimum absolute atomic E-state index is 0.242. The van der Waals surface area contributed by atoms with E-state index < -0.39 is 24.3 Å². The number of alkyl halides is 6. The monoisotopic (exact) mass is 322 g/mol. The van der Waals surface area contributed by atoms with Crippen LogP contribution in [0.25, 0.3) is 0 Å². The lowest BCUT2D eigenvalue weighted by Crippen LogP contribution is -2.53. The van der Waals surface area contributed by atoms with Crippen LogP contribution in [0.4, 0.5) is 26.3 Å². The molecule has 0 fully saturated rings. The van der Waals surface area contributed by atoms with Crippen molar-refractivity contribution in [1.29, 1.82) is 0 Å². The van der Waals surface area contributed by atoms with Crippen molar-refractivity contribution in [3.8, 4) is 0 Å². The van der Waals surface area contributed by atoms with E-state index in [2.05, 4.69) is 6.92 Å². The molecule has 0 aliphatic carbocycles. The maximum atomic E-state index is 12.6. The zero-order valence-electron chi connectivity index (χ0n) is 12.2. The van der Waals surface area contributed by atoms with Gasteiger partial charge in [0.05, 0.1) is 0 Å². The zero-order chi connectivity index (χ0) is 16.5. The molecule has 21 heavy (non-hydrogen) atoms. The Morgan fingerprint density at radius 3 is 1.62 bits per heavy atom. The highest BCUT2D eigenvalue weighted by molar-refractivity contribution is 4.86. The van der Waals surface area contributed by atoms with Gasteiger partial charge >= 0.3 is 12.4 Å². The van der Waals surface area contributed by atoms with Gasteiger partial charge in [0.1, 0.15) is 0 Å². The van der Waals surface area contributed by atoms with E-state index >= 15 is 0 Å². The summed E-state index contributed by atoms with van der Waals surface area (Å²) in [6.45, 7) is 2.06. The minimum atomic E-state index is -5.35. The molecule has 0 heterocycles. The molecule has 3 N–H and O–H groups in total. The van der Waals surface area contributed by atoms with Gasteiger partial charge in [-0.25, -0.2) is 0 Å². The molecule has 2 nitrogen and oxygen atoms in total. The Kier molecular flexibility index (Phi) is 9.28. The van der Waals surface area contributed by atoms with Gasteiger partial charge in [-0.15, -0.1) is 0 Å². The third kappa shape index (κ3) is 8.50. The fraction of sp³-hybridized carbons (Fsp3) is 1.00. The average Bonchev–Trinajstić information content (AvgIpc) is 2.32. The molecular weight excluding hydrogens is 298 g/mol. The fourth-order valence-electron chi connectivity index (χ4n) is 2.31. The maximum Gasteiger partial charge on any atom is 0.402 e. The van der Waals surface area contributed by atoms with Crippen LogP contribution < -0.4 is 11.3 Å². The summed E-state index contributed by atoms with van der Waals surface area (Å²) in [5, 5.41) is 0. The lowest BCUT2D eigenvalue weighted by Gasteiger charge is -2.30. The number of hydrazine groups is 1. The molecule has 1 atom stereocenters. The molecule has 0 radical (unpaired) electrons. The van der Waals surface area contributed by atoms with E-state index in [-0.39, 0.29) is 6.42 Å². The normalized spacial score (nSPS) is 14.7. The highest BCUT2D eigenvalue weighted by Crippen LogP contribution is 2.42. The van der Waals surface area contributed by atoms with Gasteiger partial charge in [-0.05, 0) is 6.42 Å². The van der Waals surface area contributed by atoms with Gasteiger partial charge in [0, 0.05) is 6.04 Å². The summed E-state index contributed by atoms with van der Waals surface area (Å²) in [6.07, 6.45) is -5.04. The van der Waals surface area contributed by atoms with Gasteiger partial charge < -0.3 is 0 Å². The second-order valence-corrected chi connectivity index (χ2v) is 5.24. The minimum Gasteiger partial charge on any atom is -0.271 e. The van der Waals surface area contributed by atoms with Crippen LogP contribution in [-0.4, -0.2) is 18.4 Å². The maximum absolute atomic E-state index is 12.6. The summed E-state index contributed by atoms with van der Waals surface area (Å²) >= 11 is 0. The molecular formula is C13H24F6N2. The first-order valence-electron chi connectivity index (χ1n) is 7.24. The molecule has 128 valence electrons. The van der Waals surface area contributed by atoms with E-state index in [0.29, 0.717) is 12.8 Å². The van der Waals surface area contributed by atoms with Crippen molar-refractivity contribution in [2.45, 2.75) is 76.7 Å². The van der Waals surface area contributed by atoms with Gasteiger partial charge in [0.2, 0.25) is 0 Å². The standard InChI is InChI=1S/C13H24F6N2/c1-2-3-4-5-6-7-8-9-10(21-20)11(12(14,15)16)13(17,18)19/h10-11,21H,2-9,20H2,1H3. The van der Waals surface area contributed by atoms with Crippen molar-refractivity contribution < 1.29 is 26.3 Å². The van der Waals surface area contributed by atoms with E-state index in [1.54, 1.807) is 5.43 Å². The molecule has 0 aliphatic heterocycles. The summed E-state index contributed by atoms with van der Waals surface area (Å²) in [4.78, 5) is 0. The first kappa shape index (κ1) is 20.5. The van der Waals surface area contributed by atoms with Gasteiger partial charge in [0.15, 0.2) is 5.92 Å². The lowest BCUT2D eigenvalue weighted by atomic mass is 9.93. The smallest absolute Gasteiger partial charge is 0.271 e. The molecule has 0 saturated heterocycles. The van der Waals surface area contributed by atoms with E-state index in [1.807, 2.05) is 0 Å². The van der Waals surface area contributed by atoms with Crippen molar-refractivity contribution in [1.82, 2.24) is 5.43 Å². The summed E-state index contributed by atoms with van der Waals surface area (Å²) < 4.78 is 75.3. The van der Waals surface area contributed by atoms with E-state index in [9.17, 15) is 26.3 Å². The zero-order valence-corrected chi connectivity index (χ0v) is 12.2. The van der Waals surface area contributed by atoms with Crippen LogP contribution in [0.15, 0.2) is 0 Å².